The average molecular weight is 359 g/mol. The third-order valence-corrected chi connectivity index (χ3v) is 7.32. The number of hydrogen-bond acceptors (Lipinski definition) is 1. The van der Waals surface area contributed by atoms with Gasteiger partial charge in [-0.25, -0.2) is 0 Å². The van der Waals surface area contributed by atoms with Gasteiger partial charge in [0.15, 0.2) is 0 Å². The molecule has 26 heavy (non-hydrogen) atoms. The molecule has 0 aromatic heterocycles. The first-order valence-electron chi connectivity index (χ1n) is 11.2. The van der Waals surface area contributed by atoms with Gasteiger partial charge in [-0.1, -0.05) is 37.1 Å². The third-order valence-electron chi connectivity index (χ3n) is 7.32. The minimum atomic E-state index is 0.351. The molecule has 4 aliphatic carbocycles. The average Bonchev–Trinajstić information content (AvgIpc) is 2.54. The minimum absolute atomic E-state index is 0.351. The summed E-state index contributed by atoms with van der Waals surface area (Å²) in [5, 5.41) is 0. The maximum Gasteiger partial charge on any atom is 0.0631 e. The molecule has 0 aliphatic heterocycles. The summed E-state index contributed by atoms with van der Waals surface area (Å²) in [7, 11) is 0. The van der Waals surface area contributed by atoms with Gasteiger partial charge >= 0.3 is 0 Å². The predicted octanol–water partition coefficient (Wildman–Crippen LogP) is 7.33. The van der Waals surface area contributed by atoms with E-state index in [9.17, 15) is 0 Å². The van der Waals surface area contributed by atoms with E-state index >= 15 is 0 Å². The molecule has 4 aliphatic rings. The molecule has 0 atom stereocenters. The Bertz CT molecular complexity index is 492. The number of ether oxygens (including phenoxy) is 1. The summed E-state index contributed by atoms with van der Waals surface area (Å²) in [4.78, 5) is 0. The molecular weight excluding hydrogens is 316 g/mol. The smallest absolute Gasteiger partial charge is 0.0631 e. The molecule has 4 saturated carbocycles. The molecule has 4 rings (SSSR count). The first-order valence-corrected chi connectivity index (χ1v) is 11.2. The monoisotopic (exact) mass is 358 g/mol. The van der Waals surface area contributed by atoms with Crippen LogP contribution in [-0.4, -0.2) is 12.7 Å². The van der Waals surface area contributed by atoms with E-state index in [-0.39, 0.29) is 0 Å². The van der Waals surface area contributed by atoms with Gasteiger partial charge in [0, 0.05) is 6.61 Å². The Hall–Kier alpha value is -0.560. The van der Waals surface area contributed by atoms with Gasteiger partial charge in [-0.3, -0.25) is 0 Å². The fourth-order valence-corrected chi connectivity index (χ4v) is 5.86. The van der Waals surface area contributed by atoms with Crippen LogP contribution in [0.15, 0.2) is 23.3 Å². The molecule has 4 bridgehead atoms. The van der Waals surface area contributed by atoms with Gasteiger partial charge in [0.2, 0.25) is 0 Å². The van der Waals surface area contributed by atoms with Crippen molar-refractivity contribution >= 4 is 0 Å². The Balaban J connectivity index is 1.39. The summed E-state index contributed by atoms with van der Waals surface area (Å²) in [5.41, 5.74) is 3.32. The van der Waals surface area contributed by atoms with Crippen molar-refractivity contribution in [3.63, 3.8) is 0 Å². The van der Waals surface area contributed by atoms with Crippen LogP contribution in [0.3, 0.4) is 0 Å². The zero-order valence-corrected chi connectivity index (χ0v) is 18.0. The molecule has 1 heteroatoms. The highest BCUT2D eigenvalue weighted by atomic mass is 16.5. The van der Waals surface area contributed by atoms with E-state index in [1.54, 1.807) is 0 Å². The first-order chi connectivity index (χ1) is 12.3. The molecule has 0 saturated heterocycles. The summed E-state index contributed by atoms with van der Waals surface area (Å²) >= 11 is 0. The second-order valence-electron chi connectivity index (χ2n) is 10.8. The molecule has 148 valence electrons. The molecule has 0 radical (unpaired) electrons. The molecule has 1 nitrogen and oxygen atoms in total. The van der Waals surface area contributed by atoms with Gasteiger partial charge in [-0.05, 0) is 108 Å². The van der Waals surface area contributed by atoms with E-state index in [1.165, 1.54) is 68.9 Å². The first kappa shape index (κ1) is 20.2. The quantitative estimate of drug-likeness (QED) is 0.392. The van der Waals surface area contributed by atoms with Crippen molar-refractivity contribution in [3.05, 3.63) is 23.3 Å². The van der Waals surface area contributed by atoms with Crippen molar-refractivity contribution in [2.75, 3.05) is 6.61 Å². The minimum Gasteiger partial charge on any atom is -0.378 e. The van der Waals surface area contributed by atoms with Gasteiger partial charge in [0.1, 0.15) is 0 Å². The van der Waals surface area contributed by atoms with Crippen LogP contribution in [0.1, 0.15) is 92.4 Å². The van der Waals surface area contributed by atoms with E-state index in [0.29, 0.717) is 11.5 Å². The van der Waals surface area contributed by atoms with E-state index in [4.69, 9.17) is 4.74 Å². The molecular formula is C25H42O. The zero-order chi connectivity index (χ0) is 18.7. The van der Waals surface area contributed by atoms with Gasteiger partial charge in [-0.2, -0.15) is 0 Å². The largest absolute Gasteiger partial charge is 0.378 e. The summed E-state index contributed by atoms with van der Waals surface area (Å²) in [6.45, 7) is 12.4. The van der Waals surface area contributed by atoms with Crippen molar-refractivity contribution in [2.45, 2.75) is 98.5 Å². The molecule has 0 spiro atoms. The lowest BCUT2D eigenvalue weighted by Gasteiger charge is -2.54. The van der Waals surface area contributed by atoms with E-state index in [2.05, 4.69) is 46.8 Å². The number of allylic oxidation sites excluding steroid dienone is 4. The zero-order valence-electron chi connectivity index (χ0n) is 18.0. The molecule has 0 N–H and O–H groups in total. The van der Waals surface area contributed by atoms with Crippen LogP contribution in [-0.2, 0) is 4.74 Å². The van der Waals surface area contributed by atoms with Crippen LogP contribution in [0.4, 0.5) is 0 Å². The fraction of sp³-hybridized carbons (Fsp3) is 0.840. The van der Waals surface area contributed by atoms with Gasteiger partial charge < -0.3 is 4.74 Å². The second kappa shape index (κ2) is 8.63. The predicted molar refractivity (Wildman–Crippen MR) is 112 cm³/mol. The Kier molecular flexibility index (Phi) is 6.70. The third kappa shape index (κ3) is 5.47. The van der Waals surface area contributed by atoms with Crippen molar-refractivity contribution < 1.29 is 4.74 Å². The van der Waals surface area contributed by atoms with Gasteiger partial charge in [0.25, 0.3) is 0 Å². The Morgan fingerprint density at radius 2 is 1.54 bits per heavy atom. The fourth-order valence-electron chi connectivity index (χ4n) is 5.86. The highest BCUT2D eigenvalue weighted by molar-refractivity contribution is 5.03. The second-order valence-corrected chi connectivity index (χ2v) is 10.8. The lowest BCUT2D eigenvalue weighted by Crippen LogP contribution is -2.49. The highest BCUT2D eigenvalue weighted by Crippen LogP contribution is 2.54. The van der Waals surface area contributed by atoms with Crippen LogP contribution in [0.2, 0.25) is 0 Å². The lowest BCUT2D eigenvalue weighted by molar-refractivity contribution is -0.129. The van der Waals surface area contributed by atoms with Crippen LogP contribution < -0.4 is 0 Å². The molecule has 0 heterocycles. The van der Waals surface area contributed by atoms with Crippen molar-refractivity contribution in [3.8, 4) is 0 Å². The molecule has 0 amide bonds. The van der Waals surface area contributed by atoms with Crippen molar-refractivity contribution in [1.29, 1.82) is 0 Å². The molecule has 0 aromatic rings. The van der Waals surface area contributed by atoms with Crippen molar-refractivity contribution in [2.24, 2.45) is 29.1 Å². The summed E-state index contributed by atoms with van der Waals surface area (Å²) in [5.74, 6) is 3.89. The standard InChI is InChI=1S/C25H42O/c1-18(2)7-6-8-19(3)9-10-25(4,5)11-12-26-24-22-14-20-13-21(16-22)17-23(24)15-20/h7,9,20-24H,6,8,10-17H2,1-5H3/b19-9+. The van der Waals surface area contributed by atoms with Crippen LogP contribution >= 0.6 is 0 Å². The van der Waals surface area contributed by atoms with Crippen molar-refractivity contribution in [1.82, 2.24) is 0 Å². The van der Waals surface area contributed by atoms with Crippen LogP contribution in [0.25, 0.3) is 0 Å². The number of hydrogen-bond donors (Lipinski definition) is 0. The SMILES string of the molecule is CC(C)=CCC/C(C)=C/CC(C)(C)CCOC1C2CC3CC(C2)CC1C3. The summed E-state index contributed by atoms with van der Waals surface area (Å²) in [6.07, 6.45) is 17.6. The Labute approximate surface area is 162 Å². The number of rotatable bonds is 9. The normalized spacial score (nSPS) is 33.6. The van der Waals surface area contributed by atoms with Crippen LogP contribution in [0, 0.1) is 29.1 Å². The molecule has 0 unspecified atom stereocenters. The van der Waals surface area contributed by atoms with E-state index in [0.717, 1.165) is 30.3 Å². The van der Waals surface area contributed by atoms with E-state index in [1.807, 2.05) is 0 Å². The summed E-state index contributed by atoms with van der Waals surface area (Å²) in [6, 6.07) is 0. The topological polar surface area (TPSA) is 9.23 Å². The maximum absolute atomic E-state index is 6.52. The maximum atomic E-state index is 6.52. The lowest BCUT2D eigenvalue weighted by atomic mass is 9.55. The van der Waals surface area contributed by atoms with Crippen LogP contribution in [0.5, 0.6) is 0 Å². The Morgan fingerprint density at radius 1 is 0.923 bits per heavy atom. The molecule has 0 aromatic carbocycles. The molecule has 4 fully saturated rings. The Morgan fingerprint density at radius 3 is 2.12 bits per heavy atom. The highest BCUT2D eigenvalue weighted by Gasteiger charge is 2.48. The van der Waals surface area contributed by atoms with E-state index < -0.39 is 0 Å². The van der Waals surface area contributed by atoms with Gasteiger partial charge in [-0.15, -0.1) is 0 Å². The van der Waals surface area contributed by atoms with Gasteiger partial charge in [0.05, 0.1) is 6.10 Å². The summed E-state index contributed by atoms with van der Waals surface area (Å²) < 4.78 is 6.52.